The predicted molar refractivity (Wildman–Crippen MR) is 71.0 cm³/mol. The Labute approximate surface area is 113 Å². The number of carboxylic acids is 1. The van der Waals surface area contributed by atoms with E-state index in [-0.39, 0.29) is 5.91 Å². The zero-order valence-corrected chi connectivity index (χ0v) is 12.1. The number of carbonyl (C=O) groups is 2. The Morgan fingerprint density at radius 1 is 1.42 bits per heavy atom. The summed E-state index contributed by atoms with van der Waals surface area (Å²) in [6.07, 6.45) is 0.732. The number of likely N-dealkylation sites (N-methyl/N-ethyl adjacent to an activating group) is 1. The Kier molecular flexibility index (Phi) is 4.34. The van der Waals surface area contributed by atoms with E-state index in [1.165, 1.54) is 23.4 Å². The molecular formula is C13H21N3O3. The molecule has 0 spiro atoms. The van der Waals surface area contributed by atoms with Crippen molar-refractivity contribution in [2.24, 2.45) is 7.05 Å². The Balaban J connectivity index is 3.15. The molecule has 0 bridgehead atoms. The standard InChI is InChI=1S/C13H21N3O3/c1-6-9-8-10(15(5)14-9)11(17)16(7-2)13(3,4)12(18)19/h8H,6-7H2,1-5H3,(H,18,19). The molecule has 1 aromatic rings. The highest BCUT2D eigenvalue weighted by Gasteiger charge is 2.38. The molecule has 0 aromatic carbocycles. The third kappa shape index (κ3) is 2.77. The summed E-state index contributed by atoms with van der Waals surface area (Å²) < 4.78 is 1.50. The summed E-state index contributed by atoms with van der Waals surface area (Å²) in [5.41, 5.74) is -0.0225. The van der Waals surface area contributed by atoms with Crippen LogP contribution >= 0.6 is 0 Å². The van der Waals surface area contributed by atoms with Gasteiger partial charge in [0.1, 0.15) is 11.2 Å². The normalized spacial score (nSPS) is 11.4. The maximum absolute atomic E-state index is 12.5. The molecule has 0 atom stereocenters. The third-order valence-corrected chi connectivity index (χ3v) is 3.27. The van der Waals surface area contributed by atoms with Crippen LogP contribution in [-0.2, 0) is 18.3 Å². The molecule has 1 rings (SSSR count). The molecule has 0 aliphatic carbocycles. The number of carboxylic acid groups (broad SMARTS) is 1. The number of hydrogen-bond donors (Lipinski definition) is 1. The Bertz CT molecular complexity index is 491. The molecule has 1 amide bonds. The largest absolute Gasteiger partial charge is 0.480 e. The van der Waals surface area contributed by atoms with Gasteiger partial charge < -0.3 is 10.0 Å². The monoisotopic (exact) mass is 267 g/mol. The van der Waals surface area contributed by atoms with Gasteiger partial charge in [0, 0.05) is 13.6 Å². The average Bonchev–Trinajstić information content (AvgIpc) is 2.70. The second-order valence-electron chi connectivity index (χ2n) is 4.91. The quantitative estimate of drug-likeness (QED) is 0.872. The van der Waals surface area contributed by atoms with Gasteiger partial charge in [0.25, 0.3) is 5.91 Å². The SMILES string of the molecule is CCc1cc(C(=O)N(CC)C(C)(C)C(=O)O)n(C)n1. The van der Waals surface area contributed by atoms with Crippen molar-refractivity contribution in [2.45, 2.75) is 39.7 Å². The van der Waals surface area contributed by atoms with Crippen LogP contribution in [0.3, 0.4) is 0 Å². The lowest BCUT2D eigenvalue weighted by atomic mass is 10.0. The van der Waals surface area contributed by atoms with Crippen molar-refractivity contribution >= 4 is 11.9 Å². The molecule has 0 aliphatic rings. The van der Waals surface area contributed by atoms with Crippen LogP contribution in [0.5, 0.6) is 0 Å². The Hall–Kier alpha value is -1.85. The number of amides is 1. The van der Waals surface area contributed by atoms with Crippen LogP contribution in [0.25, 0.3) is 0 Å². The van der Waals surface area contributed by atoms with Crippen molar-refractivity contribution in [3.8, 4) is 0 Å². The molecule has 6 nitrogen and oxygen atoms in total. The maximum atomic E-state index is 12.5. The van der Waals surface area contributed by atoms with Crippen molar-refractivity contribution < 1.29 is 14.7 Å². The zero-order chi connectivity index (χ0) is 14.8. The van der Waals surface area contributed by atoms with E-state index in [0.717, 1.165) is 12.1 Å². The first-order chi connectivity index (χ1) is 8.75. The van der Waals surface area contributed by atoms with Gasteiger partial charge in [-0.1, -0.05) is 6.92 Å². The van der Waals surface area contributed by atoms with Gasteiger partial charge in [-0.3, -0.25) is 9.48 Å². The van der Waals surface area contributed by atoms with E-state index >= 15 is 0 Å². The molecule has 0 unspecified atom stereocenters. The van der Waals surface area contributed by atoms with E-state index in [0.29, 0.717) is 12.2 Å². The smallest absolute Gasteiger partial charge is 0.329 e. The number of aliphatic carboxylic acids is 1. The summed E-state index contributed by atoms with van der Waals surface area (Å²) in [5.74, 6) is -1.34. The van der Waals surface area contributed by atoms with Crippen LogP contribution in [0.1, 0.15) is 43.9 Å². The van der Waals surface area contributed by atoms with Gasteiger partial charge in [-0.05, 0) is 33.3 Å². The van der Waals surface area contributed by atoms with Gasteiger partial charge in [-0.25, -0.2) is 4.79 Å². The molecule has 0 fully saturated rings. The maximum Gasteiger partial charge on any atom is 0.329 e. The lowest BCUT2D eigenvalue weighted by molar-refractivity contribution is -0.147. The van der Waals surface area contributed by atoms with E-state index in [1.54, 1.807) is 20.0 Å². The van der Waals surface area contributed by atoms with Gasteiger partial charge >= 0.3 is 5.97 Å². The van der Waals surface area contributed by atoms with Gasteiger partial charge in [0.15, 0.2) is 0 Å². The van der Waals surface area contributed by atoms with Crippen molar-refractivity contribution in [3.63, 3.8) is 0 Å². The number of nitrogens with zero attached hydrogens (tertiary/aromatic N) is 3. The summed E-state index contributed by atoms with van der Waals surface area (Å²) in [4.78, 5) is 25.1. The minimum atomic E-state index is -1.25. The number of carbonyl (C=O) groups excluding carboxylic acids is 1. The molecule has 19 heavy (non-hydrogen) atoms. The zero-order valence-electron chi connectivity index (χ0n) is 12.1. The fourth-order valence-electron chi connectivity index (χ4n) is 1.95. The lowest BCUT2D eigenvalue weighted by Crippen LogP contribution is -2.53. The van der Waals surface area contributed by atoms with Crippen molar-refractivity contribution in [1.29, 1.82) is 0 Å². The van der Waals surface area contributed by atoms with Crippen LogP contribution in [0.4, 0.5) is 0 Å². The minimum absolute atomic E-state index is 0.315. The molecule has 6 heteroatoms. The van der Waals surface area contributed by atoms with Crippen LogP contribution < -0.4 is 0 Å². The van der Waals surface area contributed by atoms with Crippen LogP contribution in [0.2, 0.25) is 0 Å². The first kappa shape index (κ1) is 15.2. The number of hydrogen-bond acceptors (Lipinski definition) is 3. The summed E-state index contributed by atoms with van der Waals surface area (Å²) in [5, 5.41) is 13.5. The van der Waals surface area contributed by atoms with Gasteiger partial charge in [0.05, 0.1) is 5.69 Å². The Morgan fingerprint density at radius 3 is 2.37 bits per heavy atom. The average molecular weight is 267 g/mol. The first-order valence-electron chi connectivity index (χ1n) is 6.33. The van der Waals surface area contributed by atoms with E-state index in [2.05, 4.69) is 5.10 Å². The first-order valence-corrected chi connectivity index (χ1v) is 6.33. The fourth-order valence-corrected chi connectivity index (χ4v) is 1.95. The second-order valence-corrected chi connectivity index (χ2v) is 4.91. The Morgan fingerprint density at radius 2 is 2.00 bits per heavy atom. The summed E-state index contributed by atoms with van der Waals surface area (Å²) in [6.45, 7) is 7.08. The van der Waals surface area contributed by atoms with E-state index in [1.807, 2.05) is 6.92 Å². The molecule has 0 saturated heterocycles. The molecule has 0 radical (unpaired) electrons. The van der Waals surface area contributed by atoms with E-state index in [9.17, 15) is 14.7 Å². The molecule has 1 heterocycles. The summed E-state index contributed by atoms with van der Waals surface area (Å²) in [7, 11) is 1.69. The van der Waals surface area contributed by atoms with Crippen molar-refractivity contribution in [3.05, 3.63) is 17.5 Å². The summed E-state index contributed by atoms with van der Waals surface area (Å²) in [6, 6.07) is 1.71. The highest BCUT2D eigenvalue weighted by atomic mass is 16.4. The fraction of sp³-hybridized carbons (Fsp3) is 0.615. The lowest BCUT2D eigenvalue weighted by Gasteiger charge is -2.34. The molecular weight excluding hydrogens is 246 g/mol. The summed E-state index contributed by atoms with van der Waals surface area (Å²) >= 11 is 0. The van der Waals surface area contributed by atoms with Crippen LogP contribution in [-0.4, -0.2) is 43.7 Å². The minimum Gasteiger partial charge on any atom is -0.480 e. The molecule has 0 saturated carbocycles. The van der Waals surface area contributed by atoms with E-state index < -0.39 is 11.5 Å². The van der Waals surface area contributed by atoms with Gasteiger partial charge in [0.2, 0.25) is 0 Å². The van der Waals surface area contributed by atoms with Gasteiger partial charge in [-0.15, -0.1) is 0 Å². The number of aromatic nitrogens is 2. The number of rotatable bonds is 5. The molecule has 1 aromatic heterocycles. The van der Waals surface area contributed by atoms with E-state index in [4.69, 9.17) is 0 Å². The number of aryl methyl sites for hydroxylation is 2. The predicted octanol–water partition coefficient (Wildman–Crippen LogP) is 1.31. The molecule has 106 valence electrons. The van der Waals surface area contributed by atoms with Crippen LogP contribution in [0.15, 0.2) is 6.07 Å². The van der Waals surface area contributed by atoms with Crippen LogP contribution in [0, 0.1) is 0 Å². The van der Waals surface area contributed by atoms with Crippen molar-refractivity contribution in [1.82, 2.24) is 14.7 Å². The second kappa shape index (κ2) is 5.42. The van der Waals surface area contributed by atoms with Crippen molar-refractivity contribution in [2.75, 3.05) is 6.54 Å². The highest BCUT2D eigenvalue weighted by molar-refractivity contribution is 5.96. The molecule has 0 aliphatic heterocycles. The highest BCUT2D eigenvalue weighted by Crippen LogP contribution is 2.18. The third-order valence-electron chi connectivity index (χ3n) is 3.27. The topological polar surface area (TPSA) is 75.4 Å². The molecule has 1 N–H and O–H groups in total. The van der Waals surface area contributed by atoms with Gasteiger partial charge in [-0.2, -0.15) is 5.10 Å².